The number of nitrogens with one attached hydrogen (secondary N) is 2. The van der Waals surface area contributed by atoms with Gasteiger partial charge in [-0.15, -0.1) is 0 Å². The second-order valence-electron chi connectivity index (χ2n) is 4.67. The van der Waals surface area contributed by atoms with E-state index < -0.39 is 0 Å². The van der Waals surface area contributed by atoms with Crippen LogP contribution in [0.2, 0.25) is 0 Å². The maximum absolute atomic E-state index is 12.1. The summed E-state index contributed by atoms with van der Waals surface area (Å²) in [4.78, 5) is 25.4. The fourth-order valence-electron chi connectivity index (χ4n) is 2.22. The fraction of sp³-hybridized carbons (Fsp3) is 0.846. The van der Waals surface area contributed by atoms with E-state index in [1.807, 2.05) is 6.92 Å². The van der Waals surface area contributed by atoms with Gasteiger partial charge in [0.2, 0.25) is 11.8 Å². The first kappa shape index (κ1) is 15.9. The van der Waals surface area contributed by atoms with Gasteiger partial charge in [0.25, 0.3) is 0 Å². The number of methoxy groups -OCH3 is 1. The Labute approximate surface area is 114 Å². The van der Waals surface area contributed by atoms with E-state index in [1.165, 1.54) is 0 Å². The van der Waals surface area contributed by atoms with Gasteiger partial charge < -0.3 is 20.3 Å². The Morgan fingerprint density at radius 3 is 3.00 bits per heavy atom. The Hall–Kier alpha value is -1.14. The highest BCUT2D eigenvalue weighted by atomic mass is 16.5. The highest BCUT2D eigenvalue weighted by molar-refractivity contribution is 5.83. The number of carbonyl (C=O) groups is 2. The van der Waals surface area contributed by atoms with E-state index in [9.17, 15) is 9.59 Å². The Bertz CT molecular complexity index is 295. The van der Waals surface area contributed by atoms with Crippen molar-refractivity contribution in [3.8, 4) is 0 Å². The molecule has 6 heteroatoms. The maximum Gasteiger partial charge on any atom is 0.239 e. The van der Waals surface area contributed by atoms with Crippen LogP contribution in [0.5, 0.6) is 0 Å². The highest BCUT2D eigenvalue weighted by Gasteiger charge is 2.27. The van der Waals surface area contributed by atoms with Crippen molar-refractivity contribution in [2.45, 2.75) is 32.2 Å². The lowest BCUT2D eigenvalue weighted by atomic mass is 10.0. The average molecular weight is 271 g/mol. The second-order valence-corrected chi connectivity index (χ2v) is 4.67. The average Bonchev–Trinajstić information content (AvgIpc) is 2.40. The van der Waals surface area contributed by atoms with Crippen LogP contribution in [0.4, 0.5) is 0 Å². The number of likely N-dealkylation sites (tertiary alicyclic amines) is 1. The first-order valence-corrected chi connectivity index (χ1v) is 6.96. The van der Waals surface area contributed by atoms with Gasteiger partial charge in [0.1, 0.15) is 0 Å². The molecule has 1 fully saturated rings. The van der Waals surface area contributed by atoms with Gasteiger partial charge in [-0.05, 0) is 19.4 Å². The summed E-state index contributed by atoms with van der Waals surface area (Å²) in [6.45, 7) is 5.07. The van der Waals surface area contributed by atoms with Crippen molar-refractivity contribution in [3.63, 3.8) is 0 Å². The summed E-state index contributed by atoms with van der Waals surface area (Å²) >= 11 is 0. The Morgan fingerprint density at radius 2 is 2.32 bits per heavy atom. The molecule has 1 rings (SSSR count). The minimum Gasteiger partial charge on any atom is -0.383 e. The SMILES string of the molecule is CCNC1CCCN(CCC(=O)NCCOC)C1=O. The summed E-state index contributed by atoms with van der Waals surface area (Å²) in [6, 6.07) is -0.0738. The molecule has 1 aliphatic rings. The number of nitrogens with zero attached hydrogens (tertiary/aromatic N) is 1. The van der Waals surface area contributed by atoms with Crippen LogP contribution in [0.25, 0.3) is 0 Å². The molecule has 110 valence electrons. The van der Waals surface area contributed by atoms with Crippen molar-refractivity contribution in [2.75, 3.05) is 39.9 Å². The molecule has 2 amide bonds. The van der Waals surface area contributed by atoms with Gasteiger partial charge in [0.15, 0.2) is 0 Å². The summed E-state index contributed by atoms with van der Waals surface area (Å²) in [5.41, 5.74) is 0. The van der Waals surface area contributed by atoms with Gasteiger partial charge in [0.05, 0.1) is 12.6 Å². The summed E-state index contributed by atoms with van der Waals surface area (Å²) in [7, 11) is 1.60. The maximum atomic E-state index is 12.1. The molecule has 0 radical (unpaired) electrons. The van der Waals surface area contributed by atoms with Crippen LogP contribution < -0.4 is 10.6 Å². The predicted molar refractivity (Wildman–Crippen MR) is 72.8 cm³/mol. The first-order chi connectivity index (χ1) is 9.19. The van der Waals surface area contributed by atoms with Crippen LogP contribution in [0.15, 0.2) is 0 Å². The van der Waals surface area contributed by atoms with E-state index in [0.29, 0.717) is 26.1 Å². The third kappa shape index (κ3) is 5.57. The molecule has 0 bridgehead atoms. The molecule has 1 unspecified atom stereocenters. The molecule has 2 N–H and O–H groups in total. The van der Waals surface area contributed by atoms with Crippen LogP contribution in [0.3, 0.4) is 0 Å². The zero-order valence-corrected chi connectivity index (χ0v) is 11.9. The number of hydrogen-bond donors (Lipinski definition) is 2. The molecule has 1 saturated heterocycles. The first-order valence-electron chi connectivity index (χ1n) is 6.96. The van der Waals surface area contributed by atoms with Gasteiger partial charge in [0, 0.05) is 33.2 Å². The monoisotopic (exact) mass is 271 g/mol. The molecule has 0 saturated carbocycles. The van der Waals surface area contributed by atoms with E-state index in [2.05, 4.69) is 10.6 Å². The summed E-state index contributed by atoms with van der Waals surface area (Å²) in [6.07, 6.45) is 2.24. The highest BCUT2D eigenvalue weighted by Crippen LogP contribution is 2.11. The molecule has 19 heavy (non-hydrogen) atoms. The van der Waals surface area contributed by atoms with Crippen molar-refractivity contribution in [1.29, 1.82) is 0 Å². The lowest BCUT2D eigenvalue weighted by molar-refractivity contribution is -0.136. The van der Waals surface area contributed by atoms with Crippen molar-refractivity contribution in [3.05, 3.63) is 0 Å². The number of likely N-dealkylation sites (N-methyl/N-ethyl adjacent to an activating group) is 1. The van der Waals surface area contributed by atoms with E-state index in [-0.39, 0.29) is 17.9 Å². The standard InChI is InChI=1S/C13H25N3O3/c1-3-14-11-5-4-8-16(13(11)18)9-6-12(17)15-7-10-19-2/h11,14H,3-10H2,1-2H3,(H,15,17). The third-order valence-electron chi connectivity index (χ3n) is 3.22. The third-order valence-corrected chi connectivity index (χ3v) is 3.22. The Morgan fingerprint density at radius 1 is 1.53 bits per heavy atom. The van der Waals surface area contributed by atoms with Crippen molar-refractivity contribution < 1.29 is 14.3 Å². The van der Waals surface area contributed by atoms with Gasteiger partial charge >= 0.3 is 0 Å². The number of ether oxygens (including phenoxy) is 1. The molecule has 1 aliphatic heterocycles. The van der Waals surface area contributed by atoms with Gasteiger partial charge in [-0.3, -0.25) is 9.59 Å². The van der Waals surface area contributed by atoms with Crippen LogP contribution in [0.1, 0.15) is 26.2 Å². The molecule has 0 aromatic heterocycles. The zero-order valence-electron chi connectivity index (χ0n) is 11.9. The second kappa shape index (κ2) is 8.87. The number of amides is 2. The lowest BCUT2D eigenvalue weighted by Gasteiger charge is -2.32. The topological polar surface area (TPSA) is 70.7 Å². The van der Waals surface area contributed by atoms with Gasteiger partial charge in [-0.1, -0.05) is 6.92 Å². The number of carbonyl (C=O) groups excluding carboxylic acids is 2. The number of rotatable bonds is 8. The van der Waals surface area contributed by atoms with Crippen molar-refractivity contribution in [1.82, 2.24) is 15.5 Å². The molecule has 0 aliphatic carbocycles. The molecule has 0 aromatic carbocycles. The summed E-state index contributed by atoms with van der Waals surface area (Å²) in [5, 5.41) is 5.94. The molecular formula is C13H25N3O3. The zero-order chi connectivity index (χ0) is 14.1. The van der Waals surface area contributed by atoms with Gasteiger partial charge in [-0.25, -0.2) is 0 Å². The molecule has 1 heterocycles. The minimum absolute atomic E-state index is 0.0320. The number of piperidine rings is 1. The molecule has 0 aromatic rings. The molecule has 0 spiro atoms. The normalized spacial score (nSPS) is 19.6. The van der Waals surface area contributed by atoms with E-state index in [0.717, 1.165) is 25.9 Å². The predicted octanol–water partition coefficient (Wildman–Crippen LogP) is -0.260. The smallest absolute Gasteiger partial charge is 0.239 e. The van der Waals surface area contributed by atoms with Crippen LogP contribution in [-0.2, 0) is 14.3 Å². The van der Waals surface area contributed by atoms with Crippen molar-refractivity contribution >= 4 is 11.8 Å². The van der Waals surface area contributed by atoms with E-state index in [1.54, 1.807) is 12.0 Å². The van der Waals surface area contributed by atoms with E-state index in [4.69, 9.17) is 4.74 Å². The largest absolute Gasteiger partial charge is 0.383 e. The van der Waals surface area contributed by atoms with Crippen LogP contribution >= 0.6 is 0 Å². The fourth-order valence-corrected chi connectivity index (χ4v) is 2.22. The van der Waals surface area contributed by atoms with Gasteiger partial charge in [-0.2, -0.15) is 0 Å². The molecule has 6 nitrogen and oxygen atoms in total. The van der Waals surface area contributed by atoms with Crippen LogP contribution in [0, 0.1) is 0 Å². The number of hydrogen-bond acceptors (Lipinski definition) is 4. The quantitative estimate of drug-likeness (QED) is 0.597. The van der Waals surface area contributed by atoms with Crippen LogP contribution in [-0.4, -0.2) is 62.7 Å². The Balaban J connectivity index is 2.27. The van der Waals surface area contributed by atoms with Crippen molar-refractivity contribution in [2.24, 2.45) is 0 Å². The Kier molecular flexibility index (Phi) is 7.43. The minimum atomic E-state index is -0.0738. The summed E-state index contributed by atoms with van der Waals surface area (Å²) in [5.74, 6) is 0.0909. The summed E-state index contributed by atoms with van der Waals surface area (Å²) < 4.78 is 4.86. The lowest BCUT2D eigenvalue weighted by Crippen LogP contribution is -2.51. The molecule has 1 atom stereocenters. The van der Waals surface area contributed by atoms with E-state index >= 15 is 0 Å². The molecular weight excluding hydrogens is 246 g/mol.